The van der Waals surface area contributed by atoms with Crippen LogP contribution in [0.5, 0.6) is 0 Å². The van der Waals surface area contributed by atoms with Crippen LogP contribution in [0, 0.1) is 5.82 Å². The SMILES string of the molecule is CC(C)Nc1cc(-c2nc(SCCOC(=O)CCC(=O)O)[nH]c2-c2ccc(F)cc2)ccn1. The van der Waals surface area contributed by atoms with Gasteiger partial charge in [-0.1, -0.05) is 11.8 Å². The second kappa shape index (κ2) is 11.5. The molecule has 10 heteroatoms. The summed E-state index contributed by atoms with van der Waals surface area (Å²) in [4.78, 5) is 34.4. The average Bonchev–Trinajstić information content (AvgIpc) is 3.20. The first kappa shape index (κ1) is 24.2. The molecule has 1 aromatic carbocycles. The number of anilines is 1. The van der Waals surface area contributed by atoms with Crippen LogP contribution in [0.15, 0.2) is 47.8 Å². The number of benzene rings is 1. The maximum Gasteiger partial charge on any atom is 0.306 e. The molecule has 3 aromatic rings. The molecule has 0 radical (unpaired) electrons. The maximum atomic E-state index is 13.5. The van der Waals surface area contributed by atoms with Crippen LogP contribution in [0.2, 0.25) is 0 Å². The molecule has 2 heterocycles. The third-order valence-corrected chi connectivity index (χ3v) is 5.25. The average molecular weight is 473 g/mol. The molecule has 0 unspecified atom stereocenters. The van der Waals surface area contributed by atoms with Gasteiger partial charge < -0.3 is 20.1 Å². The fraction of sp³-hybridized carbons (Fsp3) is 0.304. The van der Waals surface area contributed by atoms with Gasteiger partial charge in [-0.3, -0.25) is 9.59 Å². The Morgan fingerprint density at radius 2 is 1.94 bits per heavy atom. The predicted molar refractivity (Wildman–Crippen MR) is 125 cm³/mol. The van der Waals surface area contributed by atoms with E-state index >= 15 is 0 Å². The van der Waals surface area contributed by atoms with E-state index in [1.165, 1.54) is 23.9 Å². The maximum absolute atomic E-state index is 13.5. The minimum Gasteiger partial charge on any atom is -0.481 e. The van der Waals surface area contributed by atoms with Crippen molar-refractivity contribution in [3.8, 4) is 22.5 Å². The molecule has 2 aromatic heterocycles. The van der Waals surface area contributed by atoms with Crippen LogP contribution in [0.3, 0.4) is 0 Å². The Morgan fingerprint density at radius 3 is 2.64 bits per heavy atom. The fourth-order valence-electron chi connectivity index (χ4n) is 2.98. The van der Waals surface area contributed by atoms with Crippen LogP contribution < -0.4 is 5.32 Å². The normalized spacial score (nSPS) is 10.9. The van der Waals surface area contributed by atoms with Gasteiger partial charge in [-0.25, -0.2) is 14.4 Å². The van der Waals surface area contributed by atoms with Crippen molar-refractivity contribution in [1.82, 2.24) is 15.0 Å². The molecule has 0 amide bonds. The van der Waals surface area contributed by atoms with Crippen molar-refractivity contribution in [2.45, 2.75) is 37.9 Å². The predicted octanol–water partition coefficient (Wildman–Crippen LogP) is 4.60. The number of aromatic nitrogens is 3. The minimum atomic E-state index is -1.04. The third kappa shape index (κ3) is 7.31. The Balaban J connectivity index is 1.77. The number of imidazole rings is 1. The van der Waals surface area contributed by atoms with Gasteiger partial charge in [-0.05, 0) is 50.2 Å². The summed E-state index contributed by atoms with van der Waals surface area (Å²) in [5, 5.41) is 12.5. The molecule has 0 aliphatic heterocycles. The number of aliphatic carboxylic acids is 1. The zero-order valence-corrected chi connectivity index (χ0v) is 19.1. The number of hydrogen-bond acceptors (Lipinski definition) is 7. The van der Waals surface area contributed by atoms with Gasteiger partial charge in [0, 0.05) is 29.1 Å². The van der Waals surface area contributed by atoms with E-state index in [0.717, 1.165) is 22.6 Å². The Kier molecular flexibility index (Phi) is 8.42. The van der Waals surface area contributed by atoms with E-state index in [1.54, 1.807) is 18.3 Å². The molecule has 0 spiro atoms. The number of thioether (sulfide) groups is 1. The lowest BCUT2D eigenvalue weighted by atomic mass is 10.1. The zero-order chi connectivity index (χ0) is 23.8. The summed E-state index contributed by atoms with van der Waals surface area (Å²) in [7, 11) is 0. The number of ether oxygens (including phenoxy) is 1. The van der Waals surface area contributed by atoms with Crippen LogP contribution >= 0.6 is 11.8 Å². The van der Waals surface area contributed by atoms with Crippen molar-refractivity contribution < 1.29 is 23.8 Å². The number of hydrogen-bond donors (Lipinski definition) is 3. The molecule has 174 valence electrons. The highest BCUT2D eigenvalue weighted by molar-refractivity contribution is 7.99. The summed E-state index contributed by atoms with van der Waals surface area (Å²) in [5.41, 5.74) is 3.05. The highest BCUT2D eigenvalue weighted by atomic mass is 32.2. The van der Waals surface area contributed by atoms with Gasteiger partial charge >= 0.3 is 11.9 Å². The monoisotopic (exact) mass is 472 g/mol. The lowest BCUT2D eigenvalue weighted by Crippen LogP contribution is -2.10. The van der Waals surface area contributed by atoms with Gasteiger partial charge in [0.1, 0.15) is 18.2 Å². The third-order valence-electron chi connectivity index (χ3n) is 4.41. The van der Waals surface area contributed by atoms with Crippen molar-refractivity contribution in [2.24, 2.45) is 0 Å². The first-order valence-electron chi connectivity index (χ1n) is 10.4. The number of carboxylic acids is 1. The number of halogens is 1. The molecule has 33 heavy (non-hydrogen) atoms. The molecule has 3 N–H and O–H groups in total. The lowest BCUT2D eigenvalue weighted by molar-refractivity contribution is -0.147. The summed E-state index contributed by atoms with van der Waals surface area (Å²) in [6.07, 6.45) is 1.29. The molecular formula is C23H25FN4O4S. The van der Waals surface area contributed by atoms with Gasteiger partial charge in [0.05, 0.1) is 24.2 Å². The number of aromatic amines is 1. The number of pyridine rings is 1. The summed E-state index contributed by atoms with van der Waals surface area (Å²) in [6.45, 7) is 4.18. The number of rotatable bonds is 11. The molecular weight excluding hydrogens is 447 g/mol. The Morgan fingerprint density at radius 1 is 1.18 bits per heavy atom. The first-order chi connectivity index (χ1) is 15.8. The topological polar surface area (TPSA) is 117 Å². The molecule has 0 aliphatic rings. The number of H-pyrrole nitrogens is 1. The van der Waals surface area contributed by atoms with Crippen molar-refractivity contribution in [1.29, 1.82) is 0 Å². The van der Waals surface area contributed by atoms with Gasteiger partial charge in [0.2, 0.25) is 0 Å². The highest BCUT2D eigenvalue weighted by Gasteiger charge is 2.16. The van der Waals surface area contributed by atoms with E-state index in [-0.39, 0.29) is 31.3 Å². The smallest absolute Gasteiger partial charge is 0.306 e. The van der Waals surface area contributed by atoms with E-state index < -0.39 is 11.9 Å². The van der Waals surface area contributed by atoms with Gasteiger partial charge in [0.15, 0.2) is 5.16 Å². The minimum absolute atomic E-state index is 0.128. The number of carbonyl (C=O) groups excluding carboxylic acids is 1. The quantitative estimate of drug-likeness (QED) is 0.211. The van der Waals surface area contributed by atoms with E-state index in [0.29, 0.717) is 16.6 Å². The van der Waals surface area contributed by atoms with Crippen LogP contribution in [0.25, 0.3) is 22.5 Å². The molecule has 0 saturated heterocycles. The van der Waals surface area contributed by atoms with Crippen LogP contribution in [-0.2, 0) is 14.3 Å². The Labute approximate surface area is 195 Å². The van der Waals surface area contributed by atoms with Crippen molar-refractivity contribution >= 4 is 29.5 Å². The van der Waals surface area contributed by atoms with E-state index in [9.17, 15) is 14.0 Å². The molecule has 0 fully saturated rings. The zero-order valence-electron chi connectivity index (χ0n) is 18.3. The largest absolute Gasteiger partial charge is 0.481 e. The molecule has 0 aliphatic carbocycles. The molecule has 3 rings (SSSR count). The number of nitrogens with one attached hydrogen (secondary N) is 2. The molecule has 8 nitrogen and oxygen atoms in total. The molecule has 0 atom stereocenters. The van der Waals surface area contributed by atoms with Crippen molar-refractivity contribution in [2.75, 3.05) is 17.7 Å². The first-order valence-corrected chi connectivity index (χ1v) is 11.4. The van der Waals surface area contributed by atoms with Crippen molar-refractivity contribution in [3.63, 3.8) is 0 Å². The van der Waals surface area contributed by atoms with Crippen LogP contribution in [0.4, 0.5) is 10.2 Å². The fourth-order valence-corrected chi connectivity index (χ4v) is 3.67. The van der Waals surface area contributed by atoms with Crippen molar-refractivity contribution in [3.05, 3.63) is 48.4 Å². The molecule has 0 saturated carbocycles. The highest BCUT2D eigenvalue weighted by Crippen LogP contribution is 2.33. The van der Waals surface area contributed by atoms with Gasteiger partial charge in [0.25, 0.3) is 0 Å². The summed E-state index contributed by atoms with van der Waals surface area (Å²) in [5.74, 6) is -0.761. The van der Waals surface area contributed by atoms with Crippen LogP contribution in [0.1, 0.15) is 26.7 Å². The summed E-state index contributed by atoms with van der Waals surface area (Å²) in [6, 6.07) is 10.1. The number of carbonyl (C=O) groups is 2. The second-order valence-electron chi connectivity index (χ2n) is 7.46. The molecule has 0 bridgehead atoms. The van der Waals surface area contributed by atoms with E-state index in [2.05, 4.69) is 15.3 Å². The second-order valence-corrected chi connectivity index (χ2v) is 8.55. The van der Waals surface area contributed by atoms with E-state index in [4.69, 9.17) is 14.8 Å². The van der Waals surface area contributed by atoms with Crippen LogP contribution in [-0.4, -0.2) is 50.4 Å². The lowest BCUT2D eigenvalue weighted by Gasteiger charge is -2.10. The van der Waals surface area contributed by atoms with E-state index in [1.807, 2.05) is 26.0 Å². The number of esters is 1. The Hall–Kier alpha value is -3.40. The summed E-state index contributed by atoms with van der Waals surface area (Å²) >= 11 is 1.36. The number of carboxylic acid groups (broad SMARTS) is 1. The Bertz CT molecular complexity index is 1100. The standard InChI is InChI=1S/C23H25FN4O4S/c1-14(2)26-18-13-16(9-10-25-18)22-21(15-3-5-17(24)6-4-15)27-23(28-22)33-12-11-32-20(31)8-7-19(29)30/h3-6,9-10,13-14H,7-8,11-12H2,1-2H3,(H,25,26)(H,27,28)(H,29,30). The number of nitrogens with zero attached hydrogens (tertiary/aromatic N) is 2. The van der Waals surface area contributed by atoms with Gasteiger partial charge in [-0.2, -0.15) is 0 Å². The van der Waals surface area contributed by atoms with Gasteiger partial charge in [-0.15, -0.1) is 0 Å². The summed E-state index contributed by atoms with van der Waals surface area (Å²) < 4.78 is 18.5.